The van der Waals surface area contributed by atoms with Gasteiger partial charge in [-0.25, -0.2) is 0 Å². The minimum Gasteiger partial charge on any atom is -0.397 e. The lowest BCUT2D eigenvalue weighted by atomic mass is 10.1. The van der Waals surface area contributed by atoms with Gasteiger partial charge in [-0.1, -0.05) is 29.8 Å². The minimum atomic E-state index is -0.439. The number of carbonyl (C=O) groups excluding carboxylic acids is 1. The molecule has 0 unspecified atom stereocenters. The molecule has 0 spiro atoms. The van der Waals surface area contributed by atoms with Crippen molar-refractivity contribution in [2.24, 2.45) is 0 Å². The summed E-state index contributed by atoms with van der Waals surface area (Å²) in [7, 11) is 0. The molecule has 1 aromatic heterocycles. The molecule has 0 bridgehead atoms. The van der Waals surface area contributed by atoms with Crippen LogP contribution in [0.15, 0.2) is 53.5 Å². The molecule has 23 heavy (non-hydrogen) atoms. The highest BCUT2D eigenvalue weighted by Crippen LogP contribution is 2.15. The van der Waals surface area contributed by atoms with E-state index in [2.05, 4.69) is 10.3 Å². The number of aromatic nitrogens is 1. The average molecular weight is 328 g/mol. The number of fused-ring (bicyclic) bond motifs is 1. The zero-order chi connectivity index (χ0) is 16.4. The Balaban J connectivity index is 1.85. The van der Waals surface area contributed by atoms with E-state index in [9.17, 15) is 9.59 Å². The summed E-state index contributed by atoms with van der Waals surface area (Å²) in [6, 6.07) is 12.1. The molecule has 0 radical (unpaired) electrons. The highest BCUT2D eigenvalue weighted by molar-refractivity contribution is 6.30. The van der Waals surface area contributed by atoms with Gasteiger partial charge in [-0.3, -0.25) is 9.59 Å². The van der Waals surface area contributed by atoms with Gasteiger partial charge in [-0.05, 0) is 29.8 Å². The Hall–Kier alpha value is -2.79. The average Bonchev–Trinajstić information content (AvgIpc) is 2.55. The monoisotopic (exact) mass is 327 g/mol. The van der Waals surface area contributed by atoms with Crippen molar-refractivity contribution >= 4 is 34.1 Å². The maximum absolute atomic E-state index is 12.4. The van der Waals surface area contributed by atoms with E-state index in [4.69, 9.17) is 17.3 Å². The van der Waals surface area contributed by atoms with Gasteiger partial charge < -0.3 is 16.0 Å². The Kier molecular flexibility index (Phi) is 4.04. The van der Waals surface area contributed by atoms with Crippen LogP contribution in [0.2, 0.25) is 5.02 Å². The molecule has 0 saturated heterocycles. The van der Waals surface area contributed by atoms with Crippen molar-refractivity contribution in [2.45, 2.75) is 6.54 Å². The van der Waals surface area contributed by atoms with Crippen LogP contribution < -0.4 is 16.5 Å². The molecule has 1 amide bonds. The number of nitrogens with two attached hydrogens (primary N) is 1. The quantitative estimate of drug-likeness (QED) is 0.646. The first-order chi connectivity index (χ1) is 11.1. The molecule has 1 heterocycles. The Bertz CT molecular complexity index is 933. The fourth-order valence-electron chi connectivity index (χ4n) is 2.32. The largest absolute Gasteiger partial charge is 0.397 e. The van der Waals surface area contributed by atoms with Crippen molar-refractivity contribution in [3.05, 3.63) is 75.0 Å². The molecule has 0 aliphatic carbocycles. The first-order valence-electron chi connectivity index (χ1n) is 6.99. The summed E-state index contributed by atoms with van der Waals surface area (Å²) in [6.45, 7) is 0.310. The Labute approximate surface area is 137 Å². The second-order valence-corrected chi connectivity index (χ2v) is 5.55. The van der Waals surface area contributed by atoms with Crippen molar-refractivity contribution in [1.82, 2.24) is 10.3 Å². The SMILES string of the molecule is Nc1cccc2c(=O)c(C(=O)NCc3ccc(Cl)cc3)c[nH]c12. The van der Waals surface area contributed by atoms with Crippen LogP contribution in [0.1, 0.15) is 15.9 Å². The number of halogens is 1. The summed E-state index contributed by atoms with van der Waals surface area (Å²) >= 11 is 5.82. The lowest BCUT2D eigenvalue weighted by Crippen LogP contribution is -2.28. The van der Waals surface area contributed by atoms with E-state index < -0.39 is 5.91 Å². The number of hydrogen-bond donors (Lipinski definition) is 3. The van der Waals surface area contributed by atoms with Crippen LogP contribution in [0.3, 0.4) is 0 Å². The van der Waals surface area contributed by atoms with Crippen LogP contribution in [0, 0.1) is 0 Å². The number of benzene rings is 2. The number of H-pyrrole nitrogens is 1. The zero-order valence-corrected chi connectivity index (χ0v) is 12.9. The maximum atomic E-state index is 12.4. The highest BCUT2D eigenvalue weighted by atomic mass is 35.5. The van der Waals surface area contributed by atoms with Gasteiger partial charge in [0.2, 0.25) is 5.43 Å². The van der Waals surface area contributed by atoms with Crippen molar-refractivity contribution in [3.8, 4) is 0 Å². The van der Waals surface area contributed by atoms with Crippen molar-refractivity contribution in [3.63, 3.8) is 0 Å². The van der Waals surface area contributed by atoms with E-state index in [1.54, 1.807) is 30.3 Å². The van der Waals surface area contributed by atoms with Crippen molar-refractivity contribution in [2.75, 3.05) is 5.73 Å². The van der Waals surface area contributed by atoms with E-state index in [-0.39, 0.29) is 11.0 Å². The smallest absolute Gasteiger partial charge is 0.257 e. The Morgan fingerprint density at radius 2 is 1.91 bits per heavy atom. The summed E-state index contributed by atoms with van der Waals surface area (Å²) < 4.78 is 0. The number of para-hydroxylation sites is 1. The van der Waals surface area contributed by atoms with E-state index in [0.717, 1.165) is 5.56 Å². The number of carbonyl (C=O) groups is 1. The van der Waals surface area contributed by atoms with E-state index in [1.807, 2.05) is 12.1 Å². The lowest BCUT2D eigenvalue weighted by molar-refractivity contribution is 0.0949. The van der Waals surface area contributed by atoms with Crippen molar-refractivity contribution in [1.29, 1.82) is 0 Å². The molecule has 0 saturated carbocycles. The number of aromatic amines is 1. The maximum Gasteiger partial charge on any atom is 0.257 e. The van der Waals surface area contributed by atoms with Crippen LogP contribution in [-0.4, -0.2) is 10.9 Å². The van der Waals surface area contributed by atoms with Gasteiger partial charge in [-0.2, -0.15) is 0 Å². The second-order valence-electron chi connectivity index (χ2n) is 5.11. The molecule has 5 nitrogen and oxygen atoms in total. The molecule has 0 fully saturated rings. The van der Waals surface area contributed by atoms with Gasteiger partial charge in [-0.15, -0.1) is 0 Å². The fraction of sp³-hybridized carbons (Fsp3) is 0.0588. The number of pyridine rings is 1. The van der Waals surface area contributed by atoms with Gasteiger partial charge in [0.25, 0.3) is 5.91 Å². The van der Waals surface area contributed by atoms with Gasteiger partial charge in [0.05, 0.1) is 11.2 Å². The number of rotatable bonds is 3. The molecular formula is C17H14ClN3O2. The Morgan fingerprint density at radius 3 is 2.65 bits per heavy atom. The summed E-state index contributed by atoms with van der Waals surface area (Å²) in [5.74, 6) is -0.439. The summed E-state index contributed by atoms with van der Waals surface area (Å²) in [5.41, 5.74) is 7.41. The van der Waals surface area contributed by atoms with E-state index in [0.29, 0.717) is 28.2 Å². The molecule has 4 N–H and O–H groups in total. The van der Waals surface area contributed by atoms with E-state index >= 15 is 0 Å². The number of amides is 1. The van der Waals surface area contributed by atoms with Gasteiger partial charge in [0.15, 0.2) is 0 Å². The van der Waals surface area contributed by atoms with Crippen molar-refractivity contribution < 1.29 is 4.79 Å². The third-order valence-electron chi connectivity index (χ3n) is 3.56. The molecule has 2 aromatic carbocycles. The first-order valence-corrected chi connectivity index (χ1v) is 7.36. The topological polar surface area (TPSA) is 88.0 Å². The first kappa shape index (κ1) is 15.1. The predicted molar refractivity (Wildman–Crippen MR) is 91.6 cm³/mol. The number of anilines is 1. The summed E-state index contributed by atoms with van der Waals surface area (Å²) in [6.07, 6.45) is 1.39. The molecule has 0 atom stereocenters. The zero-order valence-electron chi connectivity index (χ0n) is 12.1. The molecule has 116 valence electrons. The minimum absolute atomic E-state index is 0.0528. The second kappa shape index (κ2) is 6.14. The standard InChI is InChI=1S/C17H14ClN3O2/c18-11-6-4-10(5-7-11)8-21-17(23)13-9-20-15-12(16(13)22)2-1-3-14(15)19/h1-7,9H,8,19H2,(H,20,22)(H,21,23). The van der Waals surface area contributed by atoms with Gasteiger partial charge in [0, 0.05) is 23.2 Å². The molecule has 0 aliphatic heterocycles. The normalized spacial score (nSPS) is 10.7. The Morgan fingerprint density at radius 1 is 1.17 bits per heavy atom. The third kappa shape index (κ3) is 3.05. The van der Waals surface area contributed by atoms with Crippen LogP contribution in [0.25, 0.3) is 10.9 Å². The molecule has 6 heteroatoms. The number of hydrogen-bond acceptors (Lipinski definition) is 3. The highest BCUT2D eigenvalue weighted by Gasteiger charge is 2.13. The van der Waals surface area contributed by atoms with Gasteiger partial charge >= 0.3 is 0 Å². The van der Waals surface area contributed by atoms with E-state index in [1.165, 1.54) is 6.20 Å². The van der Waals surface area contributed by atoms with Crippen LogP contribution in [0.5, 0.6) is 0 Å². The molecule has 3 aromatic rings. The molecule has 3 rings (SSSR count). The molecular weight excluding hydrogens is 314 g/mol. The van der Waals surface area contributed by atoms with Crippen LogP contribution in [-0.2, 0) is 6.54 Å². The lowest BCUT2D eigenvalue weighted by Gasteiger charge is -2.07. The number of nitrogen functional groups attached to an aromatic ring is 1. The van der Waals surface area contributed by atoms with Gasteiger partial charge in [0.1, 0.15) is 5.56 Å². The van der Waals surface area contributed by atoms with Crippen LogP contribution >= 0.6 is 11.6 Å². The van der Waals surface area contributed by atoms with Crippen LogP contribution in [0.4, 0.5) is 5.69 Å². The molecule has 0 aliphatic rings. The third-order valence-corrected chi connectivity index (χ3v) is 3.81. The summed E-state index contributed by atoms with van der Waals surface area (Å²) in [4.78, 5) is 27.6. The summed E-state index contributed by atoms with van der Waals surface area (Å²) in [5, 5.41) is 3.74. The predicted octanol–water partition coefficient (Wildman–Crippen LogP) is 2.69. The number of nitrogens with one attached hydrogen (secondary N) is 2. The fourth-order valence-corrected chi connectivity index (χ4v) is 2.45.